The first-order valence-corrected chi connectivity index (χ1v) is 18.8. The molecule has 0 amide bonds. The molecule has 1 fully saturated rings. The number of aromatic nitrogens is 5. The van der Waals surface area contributed by atoms with E-state index in [1.54, 1.807) is 11.3 Å². The summed E-state index contributed by atoms with van der Waals surface area (Å²) in [6.45, 7) is 14.8. The predicted molar refractivity (Wildman–Crippen MR) is 168 cm³/mol. The molecule has 4 aromatic heterocycles. The standard InChI is InChI=1S/C30H41N7OSSi/c1-30(2,3)22-15-23(18-31-17-22)33-24-16-26-25(32-19-24)11-12-27(34-26)37(20-38-13-14-40(4,5)6)29-36-35-28(39-29)21-9-7-8-10-21/h11-12,15-19,21,33H,7-10,13-14,20H2,1-6H3. The number of ether oxygens (including phenoxy) is 1. The van der Waals surface area contributed by atoms with Crippen molar-refractivity contribution in [3.63, 3.8) is 0 Å². The van der Waals surface area contributed by atoms with Gasteiger partial charge >= 0.3 is 0 Å². The average molecular weight is 576 g/mol. The lowest BCUT2D eigenvalue weighted by Gasteiger charge is -2.22. The van der Waals surface area contributed by atoms with Crippen molar-refractivity contribution in [1.29, 1.82) is 0 Å². The van der Waals surface area contributed by atoms with Gasteiger partial charge in [-0.25, -0.2) is 4.98 Å². The lowest BCUT2D eigenvalue weighted by Crippen LogP contribution is -2.26. The Morgan fingerprint density at radius 1 is 1.00 bits per heavy atom. The zero-order valence-electron chi connectivity index (χ0n) is 24.6. The summed E-state index contributed by atoms with van der Waals surface area (Å²) in [7, 11) is -1.19. The van der Waals surface area contributed by atoms with Gasteiger partial charge in [0.15, 0.2) is 0 Å². The summed E-state index contributed by atoms with van der Waals surface area (Å²) in [4.78, 5) is 16.2. The van der Waals surface area contributed by atoms with Gasteiger partial charge in [-0.3, -0.25) is 14.9 Å². The zero-order chi connectivity index (χ0) is 28.3. The van der Waals surface area contributed by atoms with Gasteiger partial charge in [0, 0.05) is 26.8 Å². The second-order valence-corrected chi connectivity index (χ2v) is 19.6. The van der Waals surface area contributed by atoms with Crippen molar-refractivity contribution in [2.75, 3.05) is 23.6 Å². The van der Waals surface area contributed by atoms with E-state index >= 15 is 0 Å². The van der Waals surface area contributed by atoms with E-state index in [0.717, 1.165) is 51.0 Å². The molecule has 1 aliphatic carbocycles. The molecule has 1 aliphatic rings. The summed E-state index contributed by atoms with van der Waals surface area (Å²) in [5.41, 5.74) is 4.61. The van der Waals surface area contributed by atoms with E-state index in [0.29, 0.717) is 12.6 Å². The lowest BCUT2D eigenvalue weighted by atomic mass is 9.88. The number of anilines is 4. The Hall–Kier alpha value is -2.95. The summed E-state index contributed by atoms with van der Waals surface area (Å²) in [6, 6.07) is 9.29. The third-order valence-electron chi connectivity index (χ3n) is 7.27. The molecule has 5 rings (SSSR count). The van der Waals surface area contributed by atoms with Crippen molar-refractivity contribution in [2.45, 2.75) is 83.5 Å². The van der Waals surface area contributed by atoms with Crippen LogP contribution in [-0.4, -0.2) is 46.6 Å². The van der Waals surface area contributed by atoms with Gasteiger partial charge in [0.1, 0.15) is 17.6 Å². The minimum absolute atomic E-state index is 0.0195. The van der Waals surface area contributed by atoms with Crippen molar-refractivity contribution < 1.29 is 4.74 Å². The van der Waals surface area contributed by atoms with Crippen LogP contribution in [-0.2, 0) is 10.2 Å². The van der Waals surface area contributed by atoms with E-state index in [4.69, 9.17) is 9.72 Å². The molecule has 1 N–H and O–H groups in total. The second-order valence-electron chi connectivity index (χ2n) is 12.9. The number of fused-ring (bicyclic) bond motifs is 1. The maximum absolute atomic E-state index is 6.19. The average Bonchev–Trinajstić information content (AvgIpc) is 3.60. The Kier molecular flexibility index (Phi) is 8.49. The van der Waals surface area contributed by atoms with E-state index in [-0.39, 0.29) is 5.41 Å². The molecule has 4 heterocycles. The van der Waals surface area contributed by atoms with Crippen molar-refractivity contribution in [2.24, 2.45) is 0 Å². The highest BCUT2D eigenvalue weighted by atomic mass is 32.1. The fourth-order valence-electron chi connectivity index (χ4n) is 4.73. The van der Waals surface area contributed by atoms with Gasteiger partial charge in [0.05, 0.1) is 34.8 Å². The van der Waals surface area contributed by atoms with Crippen LogP contribution < -0.4 is 10.2 Å². The van der Waals surface area contributed by atoms with Crippen LogP contribution in [0.3, 0.4) is 0 Å². The first-order valence-electron chi connectivity index (χ1n) is 14.2. The number of rotatable bonds is 10. The molecule has 212 valence electrons. The molecule has 0 bridgehead atoms. The lowest BCUT2D eigenvalue weighted by molar-refractivity contribution is 0.153. The zero-order valence-corrected chi connectivity index (χ0v) is 26.4. The number of pyridine rings is 3. The van der Waals surface area contributed by atoms with Crippen LogP contribution >= 0.6 is 11.3 Å². The van der Waals surface area contributed by atoms with Crippen molar-refractivity contribution >= 4 is 52.8 Å². The molecule has 8 nitrogen and oxygen atoms in total. The molecule has 10 heteroatoms. The number of nitrogens with zero attached hydrogens (tertiary/aromatic N) is 6. The number of nitrogens with one attached hydrogen (secondary N) is 1. The van der Waals surface area contributed by atoms with E-state index < -0.39 is 8.07 Å². The van der Waals surface area contributed by atoms with Gasteiger partial charge in [-0.05, 0) is 54.1 Å². The molecule has 4 aromatic rings. The molecule has 0 aliphatic heterocycles. The van der Waals surface area contributed by atoms with E-state index in [1.807, 2.05) is 36.8 Å². The Labute approximate surface area is 242 Å². The van der Waals surface area contributed by atoms with Crippen LogP contribution in [0, 0.1) is 0 Å². The Balaban J connectivity index is 1.41. The molecule has 0 saturated heterocycles. The molecular formula is C30H41N7OSSi. The van der Waals surface area contributed by atoms with Gasteiger partial charge in [0.2, 0.25) is 5.13 Å². The third kappa shape index (κ3) is 7.21. The fourth-order valence-corrected chi connectivity index (χ4v) is 6.49. The summed E-state index contributed by atoms with van der Waals surface area (Å²) in [6.07, 6.45) is 10.5. The highest BCUT2D eigenvalue weighted by Crippen LogP contribution is 2.38. The Bertz CT molecular complexity index is 1440. The minimum Gasteiger partial charge on any atom is -0.361 e. The summed E-state index contributed by atoms with van der Waals surface area (Å²) in [5.74, 6) is 1.31. The highest BCUT2D eigenvalue weighted by molar-refractivity contribution is 7.15. The normalized spacial score (nSPS) is 14.7. The van der Waals surface area contributed by atoms with Crippen molar-refractivity contribution in [1.82, 2.24) is 25.1 Å². The molecule has 0 aromatic carbocycles. The largest absolute Gasteiger partial charge is 0.361 e. The Morgan fingerprint density at radius 3 is 2.52 bits per heavy atom. The van der Waals surface area contributed by atoms with Crippen LogP contribution in [0.4, 0.5) is 22.3 Å². The quantitative estimate of drug-likeness (QED) is 0.115. The summed E-state index contributed by atoms with van der Waals surface area (Å²) in [5, 5.41) is 14.6. The van der Waals surface area contributed by atoms with Gasteiger partial charge in [-0.1, -0.05) is 64.6 Å². The smallest absolute Gasteiger partial charge is 0.215 e. The first-order chi connectivity index (χ1) is 19.0. The molecule has 40 heavy (non-hydrogen) atoms. The minimum atomic E-state index is -1.19. The van der Waals surface area contributed by atoms with Crippen molar-refractivity contribution in [3.05, 3.63) is 53.4 Å². The van der Waals surface area contributed by atoms with Crippen LogP contribution in [0.15, 0.2) is 42.9 Å². The molecule has 0 unspecified atom stereocenters. The second kappa shape index (κ2) is 11.9. The molecule has 0 radical (unpaired) electrons. The molecule has 0 atom stereocenters. The SMILES string of the molecule is CC(C)(C)c1cncc(Nc2cnc3ccc(N(COCC[Si](C)(C)C)c4nnc(C5CCCC5)s4)nc3c2)c1. The van der Waals surface area contributed by atoms with Crippen LogP contribution in [0.5, 0.6) is 0 Å². The monoisotopic (exact) mass is 575 g/mol. The van der Waals surface area contributed by atoms with Gasteiger partial charge in [0.25, 0.3) is 0 Å². The Morgan fingerprint density at radius 2 is 1.77 bits per heavy atom. The van der Waals surface area contributed by atoms with Gasteiger partial charge in [-0.15, -0.1) is 10.2 Å². The van der Waals surface area contributed by atoms with Gasteiger partial charge < -0.3 is 10.1 Å². The first kappa shape index (κ1) is 28.6. The van der Waals surface area contributed by atoms with E-state index in [9.17, 15) is 0 Å². The van der Waals surface area contributed by atoms with Crippen LogP contribution in [0.1, 0.15) is 62.9 Å². The maximum Gasteiger partial charge on any atom is 0.215 e. The molecule has 0 spiro atoms. The van der Waals surface area contributed by atoms with E-state index in [2.05, 4.69) is 76.9 Å². The predicted octanol–water partition coefficient (Wildman–Crippen LogP) is 8.03. The number of hydrogen-bond donors (Lipinski definition) is 1. The molecular weight excluding hydrogens is 535 g/mol. The third-order valence-corrected chi connectivity index (χ3v) is 10.1. The summed E-state index contributed by atoms with van der Waals surface area (Å²) >= 11 is 1.67. The topological polar surface area (TPSA) is 89.0 Å². The van der Waals surface area contributed by atoms with E-state index in [1.165, 1.54) is 31.2 Å². The summed E-state index contributed by atoms with van der Waals surface area (Å²) < 4.78 is 6.19. The van der Waals surface area contributed by atoms with Gasteiger partial charge in [-0.2, -0.15) is 0 Å². The maximum atomic E-state index is 6.19. The van der Waals surface area contributed by atoms with Crippen LogP contribution in [0.2, 0.25) is 25.7 Å². The van der Waals surface area contributed by atoms with Crippen molar-refractivity contribution in [3.8, 4) is 0 Å². The fraction of sp³-hybridized carbons (Fsp3) is 0.500. The molecule has 1 saturated carbocycles. The number of hydrogen-bond acceptors (Lipinski definition) is 9. The van der Waals surface area contributed by atoms with Crippen LogP contribution in [0.25, 0.3) is 11.0 Å². The highest BCUT2D eigenvalue weighted by Gasteiger charge is 2.24.